The summed E-state index contributed by atoms with van der Waals surface area (Å²) < 4.78 is 0. The summed E-state index contributed by atoms with van der Waals surface area (Å²) in [6.45, 7) is 7.51. The fourth-order valence-electron chi connectivity index (χ4n) is 5.37. The molecule has 0 radical (unpaired) electrons. The van der Waals surface area contributed by atoms with Crippen molar-refractivity contribution in [3.05, 3.63) is 170 Å². The van der Waals surface area contributed by atoms with Gasteiger partial charge in [0.2, 0.25) is 0 Å². The van der Waals surface area contributed by atoms with E-state index in [1.807, 2.05) is 27.7 Å². The molecule has 0 N–H and O–H groups in total. The topological polar surface area (TPSA) is 261 Å². The zero-order valence-corrected chi connectivity index (χ0v) is 30.0. The molecule has 18 nitrogen and oxygen atoms in total. The molecule has 6 aromatic rings. The van der Waals surface area contributed by atoms with Crippen molar-refractivity contribution in [1.82, 2.24) is 9.97 Å². The molecule has 4 aromatic carbocycles. The number of amides is 2. The number of nitrogens with zero attached hydrogens (tertiary/aromatic N) is 8. The van der Waals surface area contributed by atoms with E-state index < -0.39 is 54.3 Å². The molecular formula is C36H26N8NiO10. The van der Waals surface area contributed by atoms with Crippen molar-refractivity contribution >= 4 is 67.7 Å². The number of pyridine rings is 2. The van der Waals surface area contributed by atoms with Gasteiger partial charge in [-0.1, -0.05) is 36.4 Å². The minimum Gasteiger partial charge on any atom is -0.622 e. The van der Waals surface area contributed by atoms with E-state index in [2.05, 4.69) is 20.6 Å². The van der Waals surface area contributed by atoms with Crippen LogP contribution >= 0.6 is 0 Å². The van der Waals surface area contributed by atoms with E-state index in [1.54, 1.807) is 36.4 Å². The quantitative estimate of drug-likeness (QED) is 0.0794. The number of hydrogen-bond donors (Lipinski definition) is 0. The Bertz CT molecular complexity index is 2400. The van der Waals surface area contributed by atoms with E-state index in [4.69, 9.17) is 0 Å². The first kappa shape index (κ1) is 40.5. The van der Waals surface area contributed by atoms with Gasteiger partial charge in [-0.25, -0.2) is 0 Å². The SMILES string of the molecule is Cc1ccc([N-]C(=O)c2c([N+](=O)[O-])cc([N+](=O)[O-])c3cccnc23)cc1C.Cc1ccc([N-]C(=O)c2c([N+](=O)[O-])cc([N+](=O)[O-])c3cccnc23)cc1C.[Ni+2]. The minimum absolute atomic E-state index is 0. The fraction of sp³-hybridized carbons (Fsp3) is 0.111. The molecule has 280 valence electrons. The number of carbonyl (C=O) groups is 2. The number of carbonyl (C=O) groups excluding carboxylic acids is 2. The van der Waals surface area contributed by atoms with E-state index in [0.29, 0.717) is 11.4 Å². The maximum absolute atomic E-state index is 12.7. The Labute approximate surface area is 320 Å². The van der Waals surface area contributed by atoms with Crippen LogP contribution in [0.2, 0.25) is 0 Å². The van der Waals surface area contributed by atoms with E-state index in [9.17, 15) is 50.0 Å². The number of non-ortho nitro benzene ring substituents is 2. The number of aromatic nitrogens is 2. The van der Waals surface area contributed by atoms with Crippen molar-refractivity contribution in [3.8, 4) is 0 Å². The van der Waals surface area contributed by atoms with Gasteiger partial charge in [-0.15, -0.1) is 11.4 Å². The summed E-state index contributed by atoms with van der Waals surface area (Å²) in [5, 5.41) is 53.4. The van der Waals surface area contributed by atoms with E-state index in [-0.39, 0.29) is 49.4 Å². The van der Waals surface area contributed by atoms with Gasteiger partial charge in [0.05, 0.1) is 65.4 Å². The van der Waals surface area contributed by atoms with Crippen LogP contribution in [0, 0.1) is 68.2 Å². The van der Waals surface area contributed by atoms with Crippen LogP contribution in [0.4, 0.5) is 34.1 Å². The number of rotatable bonds is 8. The number of benzene rings is 4. The van der Waals surface area contributed by atoms with E-state index in [1.165, 1.54) is 36.7 Å². The maximum atomic E-state index is 12.7. The Morgan fingerprint density at radius 1 is 0.509 bits per heavy atom. The Balaban J connectivity index is 0.000000240. The number of aryl methyl sites for hydroxylation is 4. The molecule has 19 heteroatoms. The predicted molar refractivity (Wildman–Crippen MR) is 197 cm³/mol. The molecule has 0 spiro atoms. The smallest absolute Gasteiger partial charge is 0.622 e. The largest absolute Gasteiger partial charge is 2.00 e. The van der Waals surface area contributed by atoms with Gasteiger partial charge >= 0.3 is 16.5 Å². The van der Waals surface area contributed by atoms with Crippen LogP contribution in [0.3, 0.4) is 0 Å². The average molecular weight is 789 g/mol. The zero-order chi connectivity index (χ0) is 39.4. The molecule has 2 heterocycles. The first-order valence-electron chi connectivity index (χ1n) is 15.7. The molecule has 0 aliphatic carbocycles. The molecule has 0 saturated carbocycles. The molecule has 0 aliphatic rings. The van der Waals surface area contributed by atoms with Crippen molar-refractivity contribution in [2.75, 3.05) is 0 Å². The normalized spacial score (nSPS) is 10.4. The fourth-order valence-corrected chi connectivity index (χ4v) is 5.37. The van der Waals surface area contributed by atoms with Crippen molar-refractivity contribution in [2.24, 2.45) is 0 Å². The summed E-state index contributed by atoms with van der Waals surface area (Å²) in [7, 11) is 0. The van der Waals surface area contributed by atoms with Gasteiger partial charge < -0.3 is 20.2 Å². The molecule has 6 rings (SSSR count). The number of hydrogen-bond acceptors (Lipinski definition) is 12. The van der Waals surface area contributed by atoms with Crippen LogP contribution in [0.15, 0.2) is 85.2 Å². The molecule has 0 atom stereocenters. The van der Waals surface area contributed by atoms with Gasteiger partial charge in [0.25, 0.3) is 22.7 Å². The van der Waals surface area contributed by atoms with Crippen LogP contribution in [0.25, 0.3) is 32.4 Å². The van der Waals surface area contributed by atoms with Crippen molar-refractivity contribution in [1.29, 1.82) is 0 Å². The van der Waals surface area contributed by atoms with Gasteiger partial charge in [-0.3, -0.25) is 50.4 Å². The number of nitro groups is 4. The Morgan fingerprint density at radius 2 is 0.855 bits per heavy atom. The van der Waals surface area contributed by atoms with Gasteiger partial charge in [0, 0.05) is 12.4 Å². The Hall–Kier alpha value is -7.27. The molecule has 0 saturated heterocycles. The van der Waals surface area contributed by atoms with Crippen LogP contribution in [-0.4, -0.2) is 41.5 Å². The standard InChI is InChI=1S/2C18H14N4O5.Ni/c2*1-10-5-6-12(8-11(10)2)20-18(23)16-15(22(26)27)9-14(21(24)25)13-4-3-7-19-17(13)16;/h2*3-9H,1-2H3,(H,20,23);/q;;+2/p-2. The summed E-state index contributed by atoms with van der Waals surface area (Å²) in [5.41, 5.74) is 1.10. The van der Waals surface area contributed by atoms with Crippen molar-refractivity contribution in [2.45, 2.75) is 27.7 Å². The molecule has 2 amide bonds. The molecule has 55 heavy (non-hydrogen) atoms. The first-order valence-corrected chi connectivity index (χ1v) is 15.7. The third-order valence-electron chi connectivity index (χ3n) is 8.36. The van der Waals surface area contributed by atoms with Gasteiger partial charge in [-0.2, -0.15) is 0 Å². The zero-order valence-electron chi connectivity index (χ0n) is 29.1. The number of nitro benzene ring substituents is 4. The average Bonchev–Trinajstić information content (AvgIpc) is 3.13. The molecule has 0 fully saturated rings. The predicted octanol–water partition coefficient (Wildman–Crippen LogP) is 9.02. The van der Waals surface area contributed by atoms with Gasteiger partial charge in [0.1, 0.15) is 11.1 Å². The Morgan fingerprint density at radius 3 is 1.16 bits per heavy atom. The molecule has 2 aromatic heterocycles. The van der Waals surface area contributed by atoms with Gasteiger partial charge in [-0.05, 0) is 74.2 Å². The summed E-state index contributed by atoms with van der Waals surface area (Å²) in [6.07, 6.45) is 2.62. The first-order chi connectivity index (χ1) is 25.6. The Kier molecular flexibility index (Phi) is 12.2. The maximum Gasteiger partial charge on any atom is 2.00 e. The van der Waals surface area contributed by atoms with Crippen LogP contribution in [-0.2, 0) is 16.5 Å². The van der Waals surface area contributed by atoms with Crippen LogP contribution in [0.5, 0.6) is 0 Å². The van der Waals surface area contributed by atoms with Gasteiger partial charge in [0.15, 0.2) is 0 Å². The van der Waals surface area contributed by atoms with Crippen molar-refractivity contribution < 1.29 is 45.8 Å². The summed E-state index contributed by atoms with van der Waals surface area (Å²) >= 11 is 0. The van der Waals surface area contributed by atoms with Crippen molar-refractivity contribution in [3.63, 3.8) is 0 Å². The third-order valence-corrected chi connectivity index (χ3v) is 8.36. The molecule has 0 bridgehead atoms. The molecule has 0 aliphatic heterocycles. The third kappa shape index (κ3) is 8.53. The minimum atomic E-state index is -0.886. The second-order valence-electron chi connectivity index (χ2n) is 11.8. The van der Waals surface area contributed by atoms with Crippen LogP contribution < -0.4 is 0 Å². The summed E-state index contributed by atoms with van der Waals surface area (Å²) in [6, 6.07) is 17.4. The second kappa shape index (κ2) is 16.6. The summed E-state index contributed by atoms with van der Waals surface area (Å²) in [4.78, 5) is 75.7. The van der Waals surface area contributed by atoms with E-state index in [0.717, 1.165) is 34.4 Å². The van der Waals surface area contributed by atoms with Crippen LogP contribution in [0.1, 0.15) is 43.0 Å². The summed E-state index contributed by atoms with van der Waals surface area (Å²) in [5.74, 6) is -1.77. The molecule has 0 unspecified atom stereocenters. The number of fused-ring (bicyclic) bond motifs is 2. The van der Waals surface area contributed by atoms with E-state index >= 15 is 0 Å². The second-order valence-corrected chi connectivity index (χ2v) is 11.8. The molecular weight excluding hydrogens is 763 g/mol. The monoisotopic (exact) mass is 788 g/mol.